The normalized spacial score (nSPS) is 11.2. The van der Waals surface area contributed by atoms with E-state index >= 15 is 0 Å². The molecule has 0 saturated heterocycles. The Morgan fingerprint density at radius 3 is 2.23 bits per heavy atom. The second-order valence-corrected chi connectivity index (χ2v) is 2.51. The van der Waals surface area contributed by atoms with Crippen molar-refractivity contribution in [3.8, 4) is 0 Å². The number of nitrogens with two attached hydrogens (primary N) is 1. The second kappa shape index (κ2) is 6.28. The zero-order chi connectivity index (χ0) is 10.3. The smallest absolute Gasteiger partial charge is 0.200 e. The van der Waals surface area contributed by atoms with Gasteiger partial charge in [0.25, 0.3) is 0 Å². The van der Waals surface area contributed by atoms with Crippen molar-refractivity contribution in [1.82, 2.24) is 10.2 Å². The van der Waals surface area contributed by atoms with E-state index in [0.717, 1.165) is 13.1 Å². The summed E-state index contributed by atoms with van der Waals surface area (Å²) >= 11 is 0. The van der Waals surface area contributed by atoms with Crippen LogP contribution >= 0.6 is 0 Å². The Morgan fingerprint density at radius 2 is 1.92 bits per heavy atom. The van der Waals surface area contributed by atoms with Gasteiger partial charge in [0.05, 0.1) is 0 Å². The molecule has 4 N–H and O–H groups in total. The van der Waals surface area contributed by atoms with Crippen LogP contribution in [0.1, 0.15) is 20.8 Å². The van der Waals surface area contributed by atoms with Crippen molar-refractivity contribution in [2.45, 2.75) is 20.8 Å². The average molecular weight is 185 g/mol. The number of nitrogens with one attached hydrogen (secondary N) is 2. The molecule has 0 atom stereocenters. The quantitative estimate of drug-likeness (QED) is 0.434. The highest BCUT2D eigenvalue weighted by Gasteiger charge is 2.06. The van der Waals surface area contributed by atoms with Crippen molar-refractivity contribution in [3.63, 3.8) is 0 Å². The van der Waals surface area contributed by atoms with Gasteiger partial charge in [-0.2, -0.15) is 0 Å². The lowest BCUT2D eigenvalue weighted by atomic mass is 10.5. The number of rotatable bonds is 3. The minimum absolute atomic E-state index is 0.0703. The molecular formula is C8H19N5. The number of aliphatic imine (C=N–C) groups is 1. The van der Waals surface area contributed by atoms with E-state index in [9.17, 15) is 0 Å². The highest BCUT2D eigenvalue weighted by atomic mass is 15.3. The average Bonchev–Trinajstić information content (AvgIpc) is 2.05. The number of hydrogen-bond acceptors (Lipinski definition) is 2. The largest absolute Gasteiger partial charge is 0.370 e. The van der Waals surface area contributed by atoms with Gasteiger partial charge in [-0.15, -0.1) is 0 Å². The number of nitrogens with zero attached hydrogens (tertiary/aromatic N) is 2. The molecule has 0 amide bonds. The van der Waals surface area contributed by atoms with E-state index in [1.807, 2.05) is 25.7 Å². The lowest BCUT2D eigenvalue weighted by molar-refractivity contribution is 0.453. The summed E-state index contributed by atoms with van der Waals surface area (Å²) in [6, 6.07) is 0. The third kappa shape index (κ3) is 4.35. The van der Waals surface area contributed by atoms with Gasteiger partial charge in [0.1, 0.15) is 0 Å². The molecule has 5 nitrogen and oxygen atoms in total. The third-order valence-corrected chi connectivity index (χ3v) is 1.62. The first-order valence-corrected chi connectivity index (χ1v) is 4.56. The third-order valence-electron chi connectivity index (χ3n) is 1.62. The molecule has 0 aliphatic carbocycles. The summed E-state index contributed by atoms with van der Waals surface area (Å²) < 4.78 is 0. The maximum atomic E-state index is 7.11. The molecule has 76 valence electrons. The van der Waals surface area contributed by atoms with E-state index in [-0.39, 0.29) is 5.96 Å². The molecule has 0 aromatic carbocycles. The molecule has 0 fully saturated rings. The van der Waals surface area contributed by atoms with Crippen LogP contribution in [0.3, 0.4) is 0 Å². The minimum atomic E-state index is -0.0703. The molecular weight excluding hydrogens is 166 g/mol. The molecule has 0 saturated carbocycles. The second-order valence-electron chi connectivity index (χ2n) is 2.51. The molecule has 0 radical (unpaired) electrons. The summed E-state index contributed by atoms with van der Waals surface area (Å²) in [7, 11) is 0. The Bertz CT molecular complexity index is 183. The molecule has 13 heavy (non-hydrogen) atoms. The van der Waals surface area contributed by atoms with Crippen LogP contribution in [0, 0.1) is 5.41 Å². The summed E-state index contributed by atoms with van der Waals surface area (Å²) in [6.45, 7) is 8.43. The fourth-order valence-corrected chi connectivity index (χ4v) is 1.01. The molecule has 5 heteroatoms. The Hall–Kier alpha value is -1.26. The predicted molar refractivity (Wildman–Crippen MR) is 55.9 cm³/mol. The van der Waals surface area contributed by atoms with Crippen molar-refractivity contribution >= 4 is 11.9 Å². The minimum Gasteiger partial charge on any atom is -0.370 e. The van der Waals surface area contributed by atoms with Gasteiger partial charge < -0.3 is 10.6 Å². The Balaban J connectivity index is 4.39. The van der Waals surface area contributed by atoms with Gasteiger partial charge in [-0.1, -0.05) is 0 Å². The van der Waals surface area contributed by atoms with Crippen LogP contribution in [0.5, 0.6) is 0 Å². The maximum Gasteiger partial charge on any atom is 0.200 e. The Labute approximate surface area is 79.5 Å². The van der Waals surface area contributed by atoms with Crippen LogP contribution in [0.25, 0.3) is 0 Å². The predicted octanol–water partition coefficient (Wildman–Crippen LogP) is 0.187. The number of guanidine groups is 2. The van der Waals surface area contributed by atoms with Gasteiger partial charge in [-0.25, -0.2) is 0 Å². The first kappa shape index (κ1) is 11.7. The zero-order valence-corrected chi connectivity index (χ0v) is 8.59. The van der Waals surface area contributed by atoms with E-state index in [1.165, 1.54) is 0 Å². The molecule has 0 unspecified atom stereocenters. The van der Waals surface area contributed by atoms with Gasteiger partial charge in [0.2, 0.25) is 5.96 Å². The summed E-state index contributed by atoms with van der Waals surface area (Å²) in [5, 5.41) is 9.83. The van der Waals surface area contributed by atoms with Crippen molar-refractivity contribution in [2.24, 2.45) is 10.7 Å². The van der Waals surface area contributed by atoms with E-state index in [4.69, 9.17) is 11.1 Å². The van der Waals surface area contributed by atoms with Crippen molar-refractivity contribution < 1.29 is 0 Å². The van der Waals surface area contributed by atoms with Crippen molar-refractivity contribution in [1.29, 1.82) is 5.41 Å². The molecule has 0 heterocycles. The van der Waals surface area contributed by atoms with Crippen molar-refractivity contribution in [3.05, 3.63) is 0 Å². The fraction of sp³-hybridized carbons (Fsp3) is 0.750. The van der Waals surface area contributed by atoms with Gasteiger partial charge >= 0.3 is 0 Å². The zero-order valence-electron chi connectivity index (χ0n) is 8.59. The van der Waals surface area contributed by atoms with Gasteiger partial charge in [0.15, 0.2) is 5.96 Å². The monoisotopic (exact) mass is 185 g/mol. The SMILES string of the molecule is CCN=C(NC(=N)N)N(CC)CC. The standard InChI is InChI=1S/C8H19N5/c1-4-11-8(12-7(9)10)13(5-2)6-3/h4-6H2,1-3H3,(H4,9,10,11,12). The number of hydrogen-bond donors (Lipinski definition) is 3. The molecule has 0 rings (SSSR count). The maximum absolute atomic E-state index is 7.11. The summed E-state index contributed by atoms with van der Waals surface area (Å²) in [6.07, 6.45) is 0. The molecule has 0 spiro atoms. The molecule has 0 bridgehead atoms. The van der Waals surface area contributed by atoms with Gasteiger partial charge in [0, 0.05) is 19.6 Å². The topological polar surface area (TPSA) is 77.5 Å². The van der Waals surface area contributed by atoms with Crippen LogP contribution in [0.4, 0.5) is 0 Å². The van der Waals surface area contributed by atoms with Crippen LogP contribution in [-0.4, -0.2) is 36.5 Å². The van der Waals surface area contributed by atoms with E-state index < -0.39 is 0 Å². The molecule has 0 aromatic rings. The van der Waals surface area contributed by atoms with E-state index in [2.05, 4.69) is 10.3 Å². The summed E-state index contributed by atoms with van der Waals surface area (Å²) in [5.41, 5.74) is 5.24. The van der Waals surface area contributed by atoms with Crippen LogP contribution in [0.15, 0.2) is 4.99 Å². The molecule has 0 aromatic heterocycles. The van der Waals surface area contributed by atoms with Crippen LogP contribution < -0.4 is 11.1 Å². The van der Waals surface area contributed by atoms with E-state index in [1.54, 1.807) is 0 Å². The van der Waals surface area contributed by atoms with Crippen LogP contribution in [-0.2, 0) is 0 Å². The summed E-state index contributed by atoms with van der Waals surface area (Å²) in [5.74, 6) is 0.610. The lowest BCUT2D eigenvalue weighted by Gasteiger charge is -2.22. The fourth-order valence-electron chi connectivity index (χ4n) is 1.01. The highest BCUT2D eigenvalue weighted by molar-refractivity contribution is 5.96. The van der Waals surface area contributed by atoms with Crippen LogP contribution in [0.2, 0.25) is 0 Å². The lowest BCUT2D eigenvalue weighted by Crippen LogP contribution is -2.46. The first-order valence-electron chi connectivity index (χ1n) is 4.56. The van der Waals surface area contributed by atoms with E-state index in [0.29, 0.717) is 12.5 Å². The van der Waals surface area contributed by atoms with Crippen molar-refractivity contribution in [2.75, 3.05) is 19.6 Å². The Kier molecular flexibility index (Phi) is 5.67. The highest BCUT2D eigenvalue weighted by Crippen LogP contribution is 1.88. The molecule has 0 aliphatic rings. The Morgan fingerprint density at radius 1 is 1.38 bits per heavy atom. The van der Waals surface area contributed by atoms with Gasteiger partial charge in [-0.3, -0.25) is 15.7 Å². The first-order chi connectivity index (χ1) is 6.15. The van der Waals surface area contributed by atoms with Gasteiger partial charge in [-0.05, 0) is 20.8 Å². The summed E-state index contributed by atoms with van der Waals surface area (Å²) in [4.78, 5) is 6.24. The molecule has 0 aliphatic heterocycles.